The highest BCUT2D eigenvalue weighted by molar-refractivity contribution is 5.76. The van der Waals surface area contributed by atoms with Gasteiger partial charge in [-0.15, -0.1) is 0 Å². The smallest absolute Gasteiger partial charge is 0.220 e. The Hall–Kier alpha value is -2.43. The minimum atomic E-state index is -0.890. The van der Waals surface area contributed by atoms with E-state index in [-0.39, 0.29) is 12.5 Å². The predicted molar refractivity (Wildman–Crippen MR) is 234 cm³/mol. The second kappa shape index (κ2) is 44.0. The summed E-state index contributed by atoms with van der Waals surface area (Å²) in [5.74, 6) is -0.133. The fourth-order valence-electron chi connectivity index (χ4n) is 6.23. The summed E-state index contributed by atoms with van der Waals surface area (Å²) in [6, 6.07) is -0.674. The summed E-state index contributed by atoms with van der Waals surface area (Å²) in [4.78, 5) is 12.3. The quantitative estimate of drug-likeness (QED) is 0.0435. The van der Waals surface area contributed by atoms with E-state index in [0.717, 1.165) is 64.2 Å². The molecule has 53 heavy (non-hydrogen) atoms. The van der Waals surface area contributed by atoms with Crippen molar-refractivity contribution in [2.24, 2.45) is 0 Å². The van der Waals surface area contributed by atoms with Crippen LogP contribution in [0.4, 0.5) is 0 Å². The number of hydrogen-bond donors (Lipinski definition) is 3. The van der Waals surface area contributed by atoms with Gasteiger partial charge in [0, 0.05) is 6.42 Å². The van der Waals surface area contributed by atoms with Crippen molar-refractivity contribution in [2.45, 2.75) is 212 Å². The number of nitrogens with one attached hydrogen (secondary N) is 1. The van der Waals surface area contributed by atoms with Crippen LogP contribution in [0.3, 0.4) is 0 Å². The van der Waals surface area contributed by atoms with Crippen molar-refractivity contribution in [2.75, 3.05) is 6.61 Å². The largest absolute Gasteiger partial charge is 0.394 e. The first-order valence-electron chi connectivity index (χ1n) is 22.3. The van der Waals surface area contributed by atoms with Gasteiger partial charge in [-0.2, -0.15) is 0 Å². The van der Waals surface area contributed by atoms with E-state index in [1.807, 2.05) is 6.08 Å². The van der Waals surface area contributed by atoms with E-state index in [2.05, 4.69) is 92.1 Å². The third-order valence-electron chi connectivity index (χ3n) is 9.61. The Labute approximate surface area is 329 Å². The molecule has 2 unspecified atom stereocenters. The van der Waals surface area contributed by atoms with Crippen molar-refractivity contribution in [3.63, 3.8) is 0 Å². The number of aliphatic hydroxyl groups is 2. The molecule has 0 bridgehead atoms. The molecule has 0 fully saturated rings. The van der Waals surface area contributed by atoms with Crippen LogP contribution >= 0.6 is 0 Å². The third kappa shape index (κ3) is 40.6. The van der Waals surface area contributed by atoms with E-state index in [0.29, 0.717) is 6.42 Å². The number of allylic oxidation sites excluding steroid dienone is 13. The zero-order chi connectivity index (χ0) is 38.6. The Morgan fingerprint density at radius 1 is 0.472 bits per heavy atom. The maximum atomic E-state index is 12.3. The normalized spacial score (nSPS) is 13.8. The number of hydrogen-bond acceptors (Lipinski definition) is 3. The molecule has 3 N–H and O–H groups in total. The SMILES string of the molecule is CC/C=C\C/C=C\C/C=C\C/C=C\C/C=C\CCCC(=O)NC(CO)C(O)/C=C/CC/C=C/CCCCCCCCCCCCCCCCCCCC. The average molecular weight is 736 g/mol. The lowest BCUT2D eigenvalue weighted by Crippen LogP contribution is -2.45. The van der Waals surface area contributed by atoms with Crippen molar-refractivity contribution < 1.29 is 15.0 Å². The van der Waals surface area contributed by atoms with Crippen molar-refractivity contribution in [3.8, 4) is 0 Å². The Kier molecular flexibility index (Phi) is 42.0. The maximum absolute atomic E-state index is 12.3. The van der Waals surface area contributed by atoms with Gasteiger partial charge < -0.3 is 15.5 Å². The molecule has 0 aromatic carbocycles. The van der Waals surface area contributed by atoms with Gasteiger partial charge in [-0.1, -0.05) is 208 Å². The first kappa shape index (κ1) is 50.6. The van der Waals surface area contributed by atoms with Crippen LogP contribution in [0.2, 0.25) is 0 Å². The number of unbranched alkanes of at least 4 members (excludes halogenated alkanes) is 20. The minimum Gasteiger partial charge on any atom is -0.394 e. The summed E-state index contributed by atoms with van der Waals surface area (Å²) in [6.07, 6.45) is 64.2. The molecule has 0 rings (SSSR count). The fourth-order valence-corrected chi connectivity index (χ4v) is 6.23. The van der Waals surface area contributed by atoms with Crippen LogP contribution in [0.25, 0.3) is 0 Å². The van der Waals surface area contributed by atoms with Crippen LogP contribution in [0.5, 0.6) is 0 Å². The Morgan fingerprint density at radius 3 is 1.32 bits per heavy atom. The fraction of sp³-hybridized carbons (Fsp3) is 0.694. The maximum Gasteiger partial charge on any atom is 0.220 e. The van der Waals surface area contributed by atoms with Gasteiger partial charge in [0.15, 0.2) is 0 Å². The topological polar surface area (TPSA) is 69.6 Å². The molecule has 0 radical (unpaired) electrons. The molecule has 0 heterocycles. The summed E-state index contributed by atoms with van der Waals surface area (Å²) >= 11 is 0. The number of amides is 1. The Bertz CT molecular complexity index is 972. The molecule has 0 spiro atoms. The highest BCUT2D eigenvalue weighted by atomic mass is 16.3. The molecule has 4 heteroatoms. The summed E-state index contributed by atoms with van der Waals surface area (Å²) in [7, 11) is 0. The molecule has 0 aromatic heterocycles. The van der Waals surface area contributed by atoms with E-state index in [1.54, 1.807) is 6.08 Å². The van der Waals surface area contributed by atoms with E-state index >= 15 is 0 Å². The standard InChI is InChI=1S/C49H85NO3/c1-3-5-7-9-11-13-15-17-19-21-22-23-24-25-26-27-29-30-32-34-36-38-40-42-44-48(52)47(46-51)50-49(53)45-43-41-39-37-35-33-31-28-20-18-16-14-12-10-8-6-4-2/h6,8,12,14,18,20,31,33-34,36-37,39,42,44,47-48,51-52H,3-5,7,9-11,13,15-17,19,21-30,32,35,38,40-41,43,45-46H2,1-2H3,(H,50,53)/b8-6-,14-12-,20-18-,33-31-,36-34+,39-37-,44-42+. The van der Waals surface area contributed by atoms with E-state index in [4.69, 9.17) is 0 Å². The molecule has 0 aliphatic rings. The molecule has 0 aromatic rings. The van der Waals surface area contributed by atoms with Crippen molar-refractivity contribution in [3.05, 3.63) is 85.1 Å². The number of rotatable bonds is 39. The zero-order valence-electron chi connectivity index (χ0n) is 34.8. The predicted octanol–water partition coefficient (Wildman–Crippen LogP) is 14.1. The van der Waals surface area contributed by atoms with Crippen LogP contribution in [0, 0.1) is 0 Å². The number of carbonyl (C=O) groups is 1. The summed E-state index contributed by atoms with van der Waals surface area (Å²) in [5, 5.41) is 22.9. The molecule has 0 aliphatic carbocycles. The summed E-state index contributed by atoms with van der Waals surface area (Å²) in [5.41, 5.74) is 0. The number of carbonyl (C=O) groups excluding carboxylic acids is 1. The lowest BCUT2D eigenvalue weighted by Gasteiger charge is -2.19. The summed E-state index contributed by atoms with van der Waals surface area (Å²) in [6.45, 7) is 4.15. The molecular formula is C49H85NO3. The number of aliphatic hydroxyl groups excluding tert-OH is 2. The van der Waals surface area contributed by atoms with E-state index < -0.39 is 12.1 Å². The van der Waals surface area contributed by atoms with Crippen molar-refractivity contribution >= 4 is 5.91 Å². The lowest BCUT2D eigenvalue weighted by molar-refractivity contribution is -0.122. The van der Waals surface area contributed by atoms with Crippen LogP contribution < -0.4 is 5.32 Å². The van der Waals surface area contributed by atoms with Gasteiger partial charge >= 0.3 is 0 Å². The molecule has 304 valence electrons. The molecule has 0 aliphatic heterocycles. The van der Waals surface area contributed by atoms with Crippen LogP contribution in [-0.2, 0) is 4.79 Å². The Balaban J connectivity index is 3.70. The minimum absolute atomic E-state index is 0.133. The van der Waals surface area contributed by atoms with Crippen LogP contribution in [0.15, 0.2) is 85.1 Å². The summed E-state index contributed by atoms with van der Waals surface area (Å²) < 4.78 is 0. The monoisotopic (exact) mass is 736 g/mol. The van der Waals surface area contributed by atoms with Gasteiger partial charge in [0.25, 0.3) is 0 Å². The molecular weight excluding hydrogens is 651 g/mol. The zero-order valence-corrected chi connectivity index (χ0v) is 34.8. The van der Waals surface area contributed by atoms with Gasteiger partial charge in [0.05, 0.1) is 18.8 Å². The average Bonchev–Trinajstić information content (AvgIpc) is 3.16. The third-order valence-corrected chi connectivity index (χ3v) is 9.61. The highest BCUT2D eigenvalue weighted by Gasteiger charge is 2.17. The van der Waals surface area contributed by atoms with Gasteiger partial charge in [-0.3, -0.25) is 4.79 Å². The second-order valence-electron chi connectivity index (χ2n) is 14.7. The molecule has 0 saturated heterocycles. The van der Waals surface area contributed by atoms with Gasteiger partial charge in [-0.25, -0.2) is 0 Å². The van der Waals surface area contributed by atoms with E-state index in [1.165, 1.54) is 116 Å². The van der Waals surface area contributed by atoms with Crippen molar-refractivity contribution in [1.29, 1.82) is 0 Å². The van der Waals surface area contributed by atoms with E-state index in [9.17, 15) is 15.0 Å². The molecule has 1 amide bonds. The highest BCUT2D eigenvalue weighted by Crippen LogP contribution is 2.15. The lowest BCUT2D eigenvalue weighted by atomic mass is 10.0. The van der Waals surface area contributed by atoms with Gasteiger partial charge in [0.2, 0.25) is 5.91 Å². The van der Waals surface area contributed by atoms with Crippen molar-refractivity contribution in [1.82, 2.24) is 5.32 Å². The van der Waals surface area contributed by atoms with Gasteiger partial charge in [0.1, 0.15) is 0 Å². The van der Waals surface area contributed by atoms with Crippen LogP contribution in [-0.4, -0.2) is 34.9 Å². The van der Waals surface area contributed by atoms with Crippen LogP contribution in [0.1, 0.15) is 200 Å². The first-order valence-corrected chi connectivity index (χ1v) is 22.3. The molecule has 4 nitrogen and oxygen atoms in total. The van der Waals surface area contributed by atoms with Gasteiger partial charge in [-0.05, 0) is 70.6 Å². The first-order chi connectivity index (χ1) is 26.2. The Morgan fingerprint density at radius 2 is 0.849 bits per heavy atom. The molecule has 0 saturated carbocycles. The molecule has 2 atom stereocenters. The second-order valence-corrected chi connectivity index (χ2v) is 14.7.